The van der Waals surface area contributed by atoms with Gasteiger partial charge in [-0.25, -0.2) is 9.37 Å². The Morgan fingerprint density at radius 3 is 2.59 bits per heavy atom. The Bertz CT molecular complexity index is 1150. The van der Waals surface area contributed by atoms with Crippen molar-refractivity contribution in [3.63, 3.8) is 0 Å². The molecule has 5 rings (SSSR count). The Morgan fingerprint density at radius 2 is 1.86 bits per heavy atom. The van der Waals surface area contributed by atoms with E-state index in [9.17, 15) is 9.18 Å². The van der Waals surface area contributed by atoms with Gasteiger partial charge in [-0.1, -0.05) is 11.6 Å². The van der Waals surface area contributed by atoms with Gasteiger partial charge < -0.3 is 14.4 Å². The monoisotopic (exact) mass is 412 g/mol. The molecule has 0 spiro atoms. The molecular weight excluding hydrogens is 391 g/mol. The van der Waals surface area contributed by atoms with Gasteiger partial charge in [0.2, 0.25) is 0 Å². The van der Waals surface area contributed by atoms with E-state index in [1.165, 1.54) is 12.1 Å². The van der Waals surface area contributed by atoms with Crippen LogP contribution in [0.2, 0.25) is 5.15 Å². The van der Waals surface area contributed by atoms with Crippen molar-refractivity contribution < 1.29 is 4.39 Å². The van der Waals surface area contributed by atoms with E-state index in [0.29, 0.717) is 17.0 Å². The van der Waals surface area contributed by atoms with Crippen LogP contribution in [0.3, 0.4) is 0 Å². The number of nitrogens with zero attached hydrogens (tertiary/aromatic N) is 4. The number of anilines is 2. The van der Waals surface area contributed by atoms with E-state index in [2.05, 4.69) is 21.7 Å². The molecule has 0 unspecified atom stereocenters. The minimum Gasteiger partial charge on any atom is -0.371 e. The van der Waals surface area contributed by atoms with Crippen molar-refractivity contribution in [1.29, 1.82) is 0 Å². The molecule has 3 aromatic rings. The summed E-state index contributed by atoms with van der Waals surface area (Å²) in [6.45, 7) is 4.92. The van der Waals surface area contributed by atoms with Crippen molar-refractivity contribution in [2.75, 3.05) is 29.4 Å². The summed E-state index contributed by atoms with van der Waals surface area (Å²) in [6.07, 6.45) is 0. The predicted octanol–water partition coefficient (Wildman–Crippen LogP) is 3.69. The Labute approximate surface area is 173 Å². The summed E-state index contributed by atoms with van der Waals surface area (Å²) in [5.74, 6) is 0.739. The van der Waals surface area contributed by atoms with Gasteiger partial charge in [-0.15, -0.1) is 0 Å². The van der Waals surface area contributed by atoms with E-state index >= 15 is 0 Å². The molecule has 5 nitrogen and oxygen atoms in total. The number of rotatable bonds is 2. The molecule has 0 radical (unpaired) electrons. The molecule has 7 heteroatoms. The second kappa shape index (κ2) is 6.73. The smallest absolute Gasteiger partial charge is 0.252 e. The summed E-state index contributed by atoms with van der Waals surface area (Å²) in [5, 5.41) is 0.423. The van der Waals surface area contributed by atoms with Gasteiger partial charge in [0.15, 0.2) is 0 Å². The molecule has 4 heterocycles. The molecule has 1 aromatic carbocycles. The van der Waals surface area contributed by atoms with E-state index in [1.807, 2.05) is 18.2 Å². The van der Waals surface area contributed by atoms with Crippen LogP contribution in [0.25, 0.3) is 11.0 Å². The highest BCUT2D eigenvalue weighted by atomic mass is 35.5. The Balaban J connectivity index is 1.47. The minimum atomic E-state index is -0.212. The summed E-state index contributed by atoms with van der Waals surface area (Å²) in [6, 6.07) is 12.2. The lowest BCUT2D eigenvalue weighted by Gasteiger charge is -2.30. The fourth-order valence-electron chi connectivity index (χ4n) is 4.97. The van der Waals surface area contributed by atoms with Crippen LogP contribution in [0.5, 0.6) is 0 Å². The predicted molar refractivity (Wildman–Crippen MR) is 114 cm³/mol. The lowest BCUT2D eigenvalue weighted by molar-refractivity contribution is 0.472. The summed E-state index contributed by atoms with van der Waals surface area (Å²) < 4.78 is 14.9. The Kier molecular flexibility index (Phi) is 4.28. The quantitative estimate of drug-likeness (QED) is 0.602. The number of aryl methyl sites for hydroxylation is 1. The van der Waals surface area contributed by atoms with Gasteiger partial charge in [-0.3, -0.25) is 4.79 Å². The topological polar surface area (TPSA) is 41.4 Å². The molecule has 2 aromatic heterocycles. The first kappa shape index (κ1) is 18.4. The number of halogens is 2. The van der Waals surface area contributed by atoms with Crippen molar-refractivity contribution in [2.24, 2.45) is 18.9 Å². The van der Waals surface area contributed by atoms with Crippen LogP contribution >= 0.6 is 11.6 Å². The van der Waals surface area contributed by atoms with Gasteiger partial charge in [-0.2, -0.15) is 0 Å². The molecule has 0 N–H and O–H groups in total. The van der Waals surface area contributed by atoms with Gasteiger partial charge in [0, 0.05) is 56.3 Å². The molecule has 3 atom stereocenters. The maximum absolute atomic E-state index is 13.3. The molecule has 0 aliphatic carbocycles. The number of fused-ring (bicyclic) bond motifs is 2. The minimum absolute atomic E-state index is 0.0474. The highest BCUT2D eigenvalue weighted by Crippen LogP contribution is 2.41. The Hall–Kier alpha value is -2.60. The lowest BCUT2D eigenvalue weighted by atomic mass is 9.95. The van der Waals surface area contributed by atoms with Crippen LogP contribution in [-0.4, -0.2) is 35.2 Å². The fraction of sp³-hybridized carbons (Fsp3) is 0.364. The first-order valence-corrected chi connectivity index (χ1v) is 10.2. The normalized spacial score (nSPS) is 23.8. The van der Waals surface area contributed by atoms with E-state index in [1.54, 1.807) is 23.7 Å². The third kappa shape index (κ3) is 2.97. The summed E-state index contributed by atoms with van der Waals surface area (Å²) in [5.41, 5.74) is 3.43. The summed E-state index contributed by atoms with van der Waals surface area (Å²) >= 11 is 6.17. The highest BCUT2D eigenvalue weighted by Gasteiger charge is 2.45. The number of aromatic nitrogens is 2. The first-order valence-electron chi connectivity index (χ1n) is 9.86. The molecule has 0 bridgehead atoms. The van der Waals surface area contributed by atoms with Crippen LogP contribution in [0.1, 0.15) is 6.92 Å². The van der Waals surface area contributed by atoms with Crippen LogP contribution < -0.4 is 15.4 Å². The van der Waals surface area contributed by atoms with Crippen LogP contribution in [0, 0.1) is 17.7 Å². The maximum atomic E-state index is 13.3. The van der Waals surface area contributed by atoms with Crippen LogP contribution in [-0.2, 0) is 7.05 Å². The van der Waals surface area contributed by atoms with Gasteiger partial charge >= 0.3 is 0 Å². The zero-order valence-electron chi connectivity index (χ0n) is 16.3. The maximum Gasteiger partial charge on any atom is 0.252 e. The van der Waals surface area contributed by atoms with Gasteiger partial charge in [0.25, 0.3) is 5.56 Å². The molecule has 150 valence electrons. The van der Waals surface area contributed by atoms with Crippen molar-refractivity contribution in [2.45, 2.75) is 13.0 Å². The van der Waals surface area contributed by atoms with E-state index in [0.717, 1.165) is 42.0 Å². The molecule has 2 aliphatic heterocycles. The number of hydrogen-bond acceptors (Lipinski definition) is 4. The lowest BCUT2D eigenvalue weighted by Crippen LogP contribution is -2.36. The third-order valence-corrected chi connectivity index (χ3v) is 6.78. The molecule has 29 heavy (non-hydrogen) atoms. The van der Waals surface area contributed by atoms with Gasteiger partial charge in [0.1, 0.15) is 16.5 Å². The largest absolute Gasteiger partial charge is 0.371 e. The van der Waals surface area contributed by atoms with Gasteiger partial charge in [0.05, 0.1) is 11.2 Å². The number of pyridine rings is 2. The first-order chi connectivity index (χ1) is 13.9. The highest BCUT2D eigenvalue weighted by molar-refractivity contribution is 6.29. The summed E-state index contributed by atoms with van der Waals surface area (Å²) in [7, 11) is 1.76. The van der Waals surface area contributed by atoms with Crippen molar-refractivity contribution in [3.8, 4) is 0 Å². The molecule has 2 aliphatic rings. The molecular formula is C22H22ClFN4O. The van der Waals surface area contributed by atoms with Crippen LogP contribution in [0.15, 0.2) is 47.3 Å². The third-order valence-electron chi connectivity index (χ3n) is 6.57. The van der Waals surface area contributed by atoms with Gasteiger partial charge in [-0.05, 0) is 43.3 Å². The number of benzene rings is 1. The molecule has 0 amide bonds. The average Bonchev–Trinajstić information content (AvgIpc) is 3.25. The van der Waals surface area contributed by atoms with Crippen molar-refractivity contribution in [3.05, 3.63) is 63.8 Å². The van der Waals surface area contributed by atoms with E-state index < -0.39 is 0 Å². The molecule has 2 saturated heterocycles. The zero-order chi connectivity index (χ0) is 20.3. The standard InChI is InChI=1S/C22H22ClFN4O/c1-13-17-12-27(16-5-3-15(24)4-6-16)10-14(17)11-28(13)19-9-21(29)26(2)18-7-8-20(23)25-22(18)19/h3-9,13-14,17H,10-12H2,1-2H3/t13-,14+,17-/m0/s1. The van der Waals surface area contributed by atoms with Crippen molar-refractivity contribution in [1.82, 2.24) is 9.55 Å². The Morgan fingerprint density at radius 1 is 1.10 bits per heavy atom. The second-order valence-electron chi connectivity index (χ2n) is 8.13. The van der Waals surface area contributed by atoms with E-state index in [4.69, 9.17) is 11.6 Å². The average molecular weight is 413 g/mol. The molecule has 2 fully saturated rings. The van der Waals surface area contributed by atoms with Crippen LogP contribution in [0.4, 0.5) is 15.8 Å². The summed E-state index contributed by atoms with van der Waals surface area (Å²) in [4.78, 5) is 21.7. The van der Waals surface area contributed by atoms with Crippen molar-refractivity contribution >= 4 is 34.0 Å². The second-order valence-corrected chi connectivity index (χ2v) is 8.51. The fourth-order valence-corrected chi connectivity index (χ4v) is 5.12. The van der Waals surface area contributed by atoms with E-state index in [-0.39, 0.29) is 17.4 Å². The zero-order valence-corrected chi connectivity index (χ0v) is 17.1. The molecule has 0 saturated carbocycles. The number of hydrogen-bond donors (Lipinski definition) is 0. The SMILES string of the molecule is C[C@H]1[C@@H]2CN(c3ccc(F)cc3)C[C@@H]2CN1c1cc(=O)n(C)c2ccc(Cl)nc12.